The van der Waals surface area contributed by atoms with E-state index in [4.69, 9.17) is 4.74 Å². The maximum Gasteiger partial charge on any atom is 0.358 e. The predicted octanol–water partition coefficient (Wildman–Crippen LogP) is 2.43. The fourth-order valence-electron chi connectivity index (χ4n) is 3.06. The Kier molecular flexibility index (Phi) is 5.56. The van der Waals surface area contributed by atoms with Crippen molar-refractivity contribution in [2.45, 2.75) is 50.7 Å². The van der Waals surface area contributed by atoms with Crippen molar-refractivity contribution in [3.63, 3.8) is 0 Å². The molecule has 142 valence electrons. The predicted molar refractivity (Wildman–Crippen MR) is 98.8 cm³/mol. The van der Waals surface area contributed by atoms with E-state index in [9.17, 15) is 14.9 Å². The lowest BCUT2D eigenvalue weighted by atomic mass is 9.83. The highest BCUT2D eigenvalue weighted by molar-refractivity contribution is 7.13. The number of esters is 1. The maximum atomic E-state index is 12.4. The minimum absolute atomic E-state index is 0.145. The van der Waals surface area contributed by atoms with Crippen LogP contribution in [0.4, 0.5) is 0 Å². The standard InChI is InChI=1S/C18H21N5O3S/c1-12(15(24)22-18(11-19)6-4-3-5-7-18)26-17(25)14-10-27-16(21-14)13-8-20-23(2)9-13/h8-10,12H,3-7H2,1-2H3,(H,22,24). The van der Waals surface area contributed by atoms with Crippen molar-refractivity contribution in [1.82, 2.24) is 20.1 Å². The fraction of sp³-hybridized carbons (Fsp3) is 0.500. The molecule has 1 fully saturated rings. The first-order chi connectivity index (χ1) is 12.9. The number of amides is 1. The summed E-state index contributed by atoms with van der Waals surface area (Å²) in [6.07, 6.45) is 6.56. The molecule has 2 aromatic heterocycles. The molecule has 27 heavy (non-hydrogen) atoms. The van der Waals surface area contributed by atoms with E-state index in [1.165, 1.54) is 18.3 Å². The zero-order chi connectivity index (χ0) is 19.4. The van der Waals surface area contributed by atoms with Crippen molar-refractivity contribution < 1.29 is 14.3 Å². The van der Waals surface area contributed by atoms with Crippen LogP contribution in [0.15, 0.2) is 17.8 Å². The molecule has 0 aliphatic heterocycles. The average molecular weight is 387 g/mol. The van der Waals surface area contributed by atoms with Gasteiger partial charge < -0.3 is 10.1 Å². The van der Waals surface area contributed by atoms with Crippen molar-refractivity contribution in [2.24, 2.45) is 7.05 Å². The number of hydrogen-bond acceptors (Lipinski definition) is 7. The van der Waals surface area contributed by atoms with Crippen LogP contribution < -0.4 is 5.32 Å². The number of carbonyl (C=O) groups excluding carboxylic acids is 2. The molecule has 2 aromatic rings. The SMILES string of the molecule is CC(OC(=O)c1csc(-c2cnn(C)c2)n1)C(=O)NC1(C#N)CCCCC1. The van der Waals surface area contributed by atoms with Gasteiger partial charge in [0, 0.05) is 24.2 Å². The van der Waals surface area contributed by atoms with E-state index in [-0.39, 0.29) is 5.69 Å². The zero-order valence-corrected chi connectivity index (χ0v) is 16.1. The van der Waals surface area contributed by atoms with Crippen LogP contribution in [0.3, 0.4) is 0 Å². The van der Waals surface area contributed by atoms with Crippen molar-refractivity contribution in [3.05, 3.63) is 23.5 Å². The Morgan fingerprint density at radius 2 is 2.15 bits per heavy atom. The minimum Gasteiger partial charge on any atom is -0.448 e. The van der Waals surface area contributed by atoms with Crippen molar-refractivity contribution in [2.75, 3.05) is 0 Å². The summed E-state index contributed by atoms with van der Waals surface area (Å²) >= 11 is 1.30. The van der Waals surface area contributed by atoms with Crippen LogP contribution in [-0.4, -0.2) is 38.3 Å². The third-order valence-corrected chi connectivity index (χ3v) is 5.49. The highest BCUT2D eigenvalue weighted by Gasteiger charge is 2.35. The number of thiazole rings is 1. The first-order valence-electron chi connectivity index (χ1n) is 8.81. The molecule has 1 aliphatic carbocycles. The van der Waals surface area contributed by atoms with Gasteiger partial charge in [0.15, 0.2) is 11.8 Å². The summed E-state index contributed by atoms with van der Waals surface area (Å²) in [7, 11) is 1.80. The fourth-order valence-corrected chi connectivity index (χ4v) is 3.83. The van der Waals surface area contributed by atoms with E-state index in [0.717, 1.165) is 24.8 Å². The van der Waals surface area contributed by atoms with Crippen molar-refractivity contribution >= 4 is 23.2 Å². The van der Waals surface area contributed by atoms with E-state index in [2.05, 4.69) is 21.5 Å². The molecular weight excluding hydrogens is 366 g/mol. The van der Waals surface area contributed by atoms with Crippen LogP contribution in [0.1, 0.15) is 49.5 Å². The van der Waals surface area contributed by atoms with Gasteiger partial charge in [0.2, 0.25) is 0 Å². The summed E-state index contributed by atoms with van der Waals surface area (Å²) in [6, 6.07) is 2.22. The molecule has 1 atom stereocenters. The molecule has 8 nitrogen and oxygen atoms in total. The van der Waals surface area contributed by atoms with Gasteiger partial charge in [-0.15, -0.1) is 11.3 Å². The summed E-state index contributed by atoms with van der Waals surface area (Å²) in [5, 5.41) is 18.5. The Morgan fingerprint density at radius 1 is 1.41 bits per heavy atom. The second-order valence-electron chi connectivity index (χ2n) is 6.73. The second kappa shape index (κ2) is 7.88. The molecule has 0 saturated heterocycles. The first kappa shape index (κ1) is 19.0. The normalized spacial score (nSPS) is 16.9. The first-order valence-corrected chi connectivity index (χ1v) is 9.69. The van der Waals surface area contributed by atoms with Gasteiger partial charge in [0.1, 0.15) is 10.5 Å². The Morgan fingerprint density at radius 3 is 2.78 bits per heavy atom. The highest BCUT2D eigenvalue weighted by atomic mass is 32.1. The molecule has 9 heteroatoms. The number of aromatic nitrogens is 3. The number of ether oxygens (including phenoxy) is 1. The number of aryl methyl sites for hydroxylation is 1. The van der Waals surface area contributed by atoms with Gasteiger partial charge in [-0.3, -0.25) is 9.48 Å². The average Bonchev–Trinajstić information content (AvgIpc) is 3.31. The lowest BCUT2D eigenvalue weighted by Crippen LogP contribution is -2.52. The second-order valence-corrected chi connectivity index (χ2v) is 7.59. The number of carbonyl (C=O) groups is 2. The largest absolute Gasteiger partial charge is 0.448 e. The number of nitriles is 1. The van der Waals surface area contributed by atoms with E-state index in [1.54, 1.807) is 29.5 Å². The molecule has 1 amide bonds. The Balaban J connectivity index is 1.61. The quantitative estimate of drug-likeness (QED) is 0.789. The molecule has 0 bridgehead atoms. The van der Waals surface area contributed by atoms with Gasteiger partial charge in [-0.25, -0.2) is 9.78 Å². The van der Waals surface area contributed by atoms with Crippen LogP contribution in [0.5, 0.6) is 0 Å². The van der Waals surface area contributed by atoms with Gasteiger partial charge in [0.25, 0.3) is 5.91 Å². The summed E-state index contributed by atoms with van der Waals surface area (Å²) in [4.78, 5) is 29.0. The molecule has 3 rings (SSSR count). The molecule has 1 aliphatic rings. The molecule has 2 heterocycles. The van der Waals surface area contributed by atoms with Gasteiger partial charge in [-0.05, 0) is 19.8 Å². The van der Waals surface area contributed by atoms with Crippen LogP contribution >= 0.6 is 11.3 Å². The lowest BCUT2D eigenvalue weighted by Gasteiger charge is -2.32. The Labute approximate surface area is 161 Å². The van der Waals surface area contributed by atoms with Crippen molar-refractivity contribution in [3.8, 4) is 16.6 Å². The summed E-state index contributed by atoms with van der Waals surface area (Å²) in [5.41, 5.74) is 0.0937. The van der Waals surface area contributed by atoms with Crippen molar-refractivity contribution in [1.29, 1.82) is 5.26 Å². The summed E-state index contributed by atoms with van der Waals surface area (Å²) < 4.78 is 6.90. The molecular formula is C18H21N5O3S. The molecule has 0 aromatic carbocycles. The molecule has 1 unspecified atom stereocenters. The summed E-state index contributed by atoms with van der Waals surface area (Å²) in [5.74, 6) is -1.13. The molecule has 1 saturated carbocycles. The zero-order valence-electron chi connectivity index (χ0n) is 15.3. The molecule has 0 radical (unpaired) electrons. The number of nitrogens with zero attached hydrogens (tertiary/aromatic N) is 4. The maximum absolute atomic E-state index is 12.4. The summed E-state index contributed by atoms with van der Waals surface area (Å²) in [6.45, 7) is 1.50. The van der Waals surface area contributed by atoms with Gasteiger partial charge in [0.05, 0.1) is 12.3 Å². The molecule has 0 spiro atoms. The highest BCUT2D eigenvalue weighted by Crippen LogP contribution is 2.28. The monoisotopic (exact) mass is 387 g/mol. The minimum atomic E-state index is -1.01. The van der Waals surface area contributed by atoms with Gasteiger partial charge >= 0.3 is 5.97 Å². The van der Waals surface area contributed by atoms with E-state index in [0.29, 0.717) is 17.8 Å². The van der Waals surface area contributed by atoms with Crippen LogP contribution in [0.25, 0.3) is 10.6 Å². The third-order valence-electron chi connectivity index (χ3n) is 4.60. The third kappa shape index (κ3) is 4.34. The topological polar surface area (TPSA) is 110 Å². The van der Waals surface area contributed by atoms with Crippen LogP contribution in [-0.2, 0) is 16.6 Å². The Hall–Kier alpha value is -2.73. The number of hydrogen-bond donors (Lipinski definition) is 1. The van der Waals surface area contributed by atoms with E-state index >= 15 is 0 Å². The number of nitrogens with one attached hydrogen (secondary N) is 1. The Bertz CT molecular complexity index is 876. The van der Waals surface area contributed by atoms with Gasteiger partial charge in [-0.1, -0.05) is 19.3 Å². The molecule has 1 N–H and O–H groups in total. The van der Waals surface area contributed by atoms with E-state index < -0.39 is 23.5 Å². The smallest absolute Gasteiger partial charge is 0.358 e. The van der Waals surface area contributed by atoms with Gasteiger partial charge in [-0.2, -0.15) is 10.4 Å². The van der Waals surface area contributed by atoms with Crippen LogP contribution in [0, 0.1) is 11.3 Å². The lowest BCUT2D eigenvalue weighted by molar-refractivity contribution is -0.130. The van der Waals surface area contributed by atoms with E-state index in [1.807, 2.05) is 0 Å². The van der Waals surface area contributed by atoms with Crippen LogP contribution in [0.2, 0.25) is 0 Å². The number of rotatable bonds is 5.